The first kappa shape index (κ1) is 54.0. The van der Waals surface area contributed by atoms with Crippen LogP contribution in [0.1, 0.15) is 25.7 Å². The van der Waals surface area contributed by atoms with Crippen LogP contribution < -0.4 is 20.1 Å². The van der Waals surface area contributed by atoms with Gasteiger partial charge in [-0.3, -0.25) is 0 Å². The van der Waals surface area contributed by atoms with Crippen molar-refractivity contribution >= 4 is 11.4 Å². The zero-order valence-corrected chi connectivity index (χ0v) is 30.2. The van der Waals surface area contributed by atoms with E-state index in [1.54, 1.807) is 0 Å². The van der Waals surface area contributed by atoms with Crippen LogP contribution in [-0.4, -0.2) is 97.9 Å². The molecule has 2 rings (SSSR count). The predicted octanol–water partition coefficient (Wildman–Crippen LogP) is 13.0. The highest BCUT2D eigenvalue weighted by Crippen LogP contribution is 2.62. The van der Waals surface area contributed by atoms with Crippen molar-refractivity contribution in [1.82, 2.24) is 0 Å². The summed E-state index contributed by atoms with van der Waals surface area (Å²) >= 11 is 0. The third kappa shape index (κ3) is 9.37. The van der Waals surface area contributed by atoms with Gasteiger partial charge in [-0.25, -0.2) is 0 Å². The van der Waals surface area contributed by atoms with Crippen LogP contribution in [0.4, 0.5) is 126 Å². The molecular weight excluding hydrogens is 938 g/mol. The molecule has 2 aromatic rings. The van der Waals surface area contributed by atoms with Crippen molar-refractivity contribution in [1.29, 1.82) is 0 Å². The molecule has 0 aliphatic heterocycles. The average molecular weight is 965 g/mol. The van der Waals surface area contributed by atoms with E-state index in [0.717, 1.165) is 62.8 Å². The molecule has 0 aliphatic rings. The lowest BCUT2D eigenvalue weighted by Crippen LogP contribution is -2.70. The van der Waals surface area contributed by atoms with Crippen molar-refractivity contribution in [2.45, 2.75) is 109 Å². The summed E-state index contributed by atoms with van der Waals surface area (Å²) < 4.78 is 369. The van der Waals surface area contributed by atoms with Gasteiger partial charge in [0, 0.05) is 36.3 Å². The molecule has 0 bridgehead atoms. The van der Waals surface area contributed by atoms with Gasteiger partial charge < -0.3 is 20.1 Å². The standard InChI is InChI=1S/C32H26F26N2O2/c1-61-17-7-3-15(4-8-17)59-19(11-13-21(33,34)23(37,38)25(41,42)27(45,46)29(49,50)31(53,54)55)20(60-16-5-9-18(62-2)10-6-16)12-14-22(35,36)24(39,40)26(43,44)28(47,48)30(51,52)32(56,57)58/h3-10,19-20,59-60H,11-14H2,1-2H3. The molecule has 2 aromatic carbocycles. The number of ether oxygens (including phenoxy) is 2. The van der Waals surface area contributed by atoms with Crippen molar-refractivity contribution in [3.8, 4) is 11.5 Å². The Kier molecular flexibility index (Phi) is 14.9. The topological polar surface area (TPSA) is 42.5 Å². The van der Waals surface area contributed by atoms with Crippen LogP contribution in [0.15, 0.2) is 48.5 Å². The van der Waals surface area contributed by atoms with E-state index in [2.05, 4.69) is 0 Å². The molecule has 0 amide bonds. The summed E-state index contributed by atoms with van der Waals surface area (Å²) in [4.78, 5) is 0. The molecule has 0 spiro atoms. The van der Waals surface area contributed by atoms with Crippen molar-refractivity contribution in [3.05, 3.63) is 48.5 Å². The monoisotopic (exact) mass is 964 g/mol. The van der Waals surface area contributed by atoms with Crippen LogP contribution in [0.3, 0.4) is 0 Å². The predicted molar refractivity (Wildman–Crippen MR) is 161 cm³/mol. The van der Waals surface area contributed by atoms with Gasteiger partial charge in [0.15, 0.2) is 0 Å². The summed E-state index contributed by atoms with van der Waals surface area (Å²) in [5.74, 6) is -79.3. The van der Waals surface area contributed by atoms with Gasteiger partial charge in [-0.2, -0.15) is 114 Å². The van der Waals surface area contributed by atoms with Gasteiger partial charge in [0.1, 0.15) is 11.5 Å². The van der Waals surface area contributed by atoms with Crippen molar-refractivity contribution in [2.75, 3.05) is 24.9 Å². The van der Waals surface area contributed by atoms with Crippen LogP contribution in [0, 0.1) is 0 Å². The lowest BCUT2D eigenvalue weighted by molar-refractivity contribution is -0.440. The summed E-state index contributed by atoms with van der Waals surface area (Å²) in [5, 5.41) is 4.05. The number of hydrogen-bond donors (Lipinski definition) is 2. The van der Waals surface area contributed by atoms with Gasteiger partial charge >= 0.3 is 71.6 Å². The van der Waals surface area contributed by atoms with Crippen molar-refractivity contribution in [3.63, 3.8) is 0 Å². The molecule has 30 heteroatoms. The minimum Gasteiger partial charge on any atom is -0.497 e. The van der Waals surface area contributed by atoms with Crippen LogP contribution >= 0.6 is 0 Å². The molecule has 0 aliphatic carbocycles. The first-order chi connectivity index (χ1) is 27.5. The average Bonchev–Trinajstić information content (AvgIpc) is 3.14. The second-order valence-corrected chi connectivity index (χ2v) is 13.0. The van der Waals surface area contributed by atoms with Gasteiger partial charge in [-0.1, -0.05) is 0 Å². The first-order valence-electron chi connectivity index (χ1n) is 16.2. The molecule has 0 heterocycles. The highest BCUT2D eigenvalue weighted by molar-refractivity contribution is 5.50. The molecule has 2 N–H and O–H groups in total. The second kappa shape index (κ2) is 17.1. The summed E-state index contributed by atoms with van der Waals surface area (Å²) in [7, 11) is 2.07. The zero-order valence-electron chi connectivity index (χ0n) is 30.2. The van der Waals surface area contributed by atoms with Crippen LogP contribution in [0.25, 0.3) is 0 Å². The molecule has 62 heavy (non-hydrogen) atoms. The van der Waals surface area contributed by atoms with Crippen LogP contribution in [-0.2, 0) is 0 Å². The van der Waals surface area contributed by atoms with E-state index < -0.39 is 121 Å². The van der Waals surface area contributed by atoms with Crippen LogP contribution in [0.2, 0.25) is 0 Å². The number of methoxy groups -OCH3 is 2. The number of hydrogen-bond acceptors (Lipinski definition) is 4. The summed E-state index contributed by atoms with van der Waals surface area (Å²) in [6, 6.07) is 1.86. The highest BCUT2D eigenvalue weighted by Gasteiger charge is 2.92. The molecule has 0 fully saturated rings. The Morgan fingerprint density at radius 1 is 0.355 bits per heavy atom. The van der Waals surface area contributed by atoms with E-state index in [1.807, 2.05) is 10.6 Å². The van der Waals surface area contributed by atoms with Gasteiger partial charge in [-0.05, 0) is 61.4 Å². The highest BCUT2D eigenvalue weighted by atomic mass is 19.4. The minimum atomic E-state index is -8.36. The van der Waals surface area contributed by atoms with E-state index in [1.165, 1.54) is 0 Å². The molecule has 0 saturated heterocycles. The number of nitrogens with one attached hydrogen (secondary N) is 2. The molecular formula is C32H26F26N2O2. The molecule has 358 valence electrons. The van der Waals surface area contributed by atoms with Crippen molar-refractivity contribution < 1.29 is 124 Å². The SMILES string of the molecule is COc1ccc(NC(CCC(F)(F)C(F)(F)C(F)(F)C(F)(F)C(F)(F)C(F)(F)F)C(CCC(F)(F)C(F)(F)C(F)(F)C(F)(F)C(F)(F)C(F)(F)F)Nc2ccc(OC)cc2)cc1. The number of rotatable bonds is 21. The number of benzene rings is 2. The fourth-order valence-corrected chi connectivity index (χ4v) is 5.14. The number of anilines is 2. The first-order valence-corrected chi connectivity index (χ1v) is 16.2. The van der Waals surface area contributed by atoms with E-state index in [-0.39, 0.29) is 11.5 Å². The fourth-order valence-electron chi connectivity index (χ4n) is 5.14. The Morgan fingerprint density at radius 3 is 0.790 bits per heavy atom. The van der Waals surface area contributed by atoms with Gasteiger partial charge in [0.25, 0.3) is 0 Å². The molecule has 2 unspecified atom stereocenters. The quantitative estimate of drug-likeness (QED) is 0.122. The van der Waals surface area contributed by atoms with E-state index in [0.29, 0.717) is 0 Å². The van der Waals surface area contributed by atoms with E-state index >= 15 is 0 Å². The Labute approximate surface area is 329 Å². The zero-order chi connectivity index (χ0) is 48.8. The van der Waals surface area contributed by atoms with Gasteiger partial charge in [0.05, 0.1) is 14.2 Å². The van der Waals surface area contributed by atoms with Crippen molar-refractivity contribution in [2.24, 2.45) is 0 Å². The summed E-state index contributed by atoms with van der Waals surface area (Å²) in [6.07, 6.45) is -26.0. The number of alkyl halides is 26. The van der Waals surface area contributed by atoms with Crippen LogP contribution in [0.5, 0.6) is 11.5 Å². The maximum Gasteiger partial charge on any atom is 0.460 e. The summed E-state index contributed by atoms with van der Waals surface area (Å²) in [5.41, 5.74) is -1.10. The second-order valence-electron chi connectivity index (χ2n) is 13.0. The summed E-state index contributed by atoms with van der Waals surface area (Å²) in [6.45, 7) is 0. The van der Waals surface area contributed by atoms with Gasteiger partial charge in [-0.15, -0.1) is 0 Å². The Morgan fingerprint density at radius 2 is 0.581 bits per heavy atom. The Balaban J connectivity index is 2.77. The van der Waals surface area contributed by atoms with Gasteiger partial charge in [0.2, 0.25) is 0 Å². The Hall–Kier alpha value is -4.18. The molecule has 0 saturated carbocycles. The van der Waals surface area contributed by atoms with E-state index in [9.17, 15) is 114 Å². The molecule has 2 atom stereocenters. The maximum atomic E-state index is 15.0. The normalized spacial score (nSPS) is 15.9. The molecule has 0 radical (unpaired) electrons. The third-order valence-electron chi connectivity index (χ3n) is 8.91. The largest absolute Gasteiger partial charge is 0.497 e. The van der Waals surface area contributed by atoms with E-state index in [4.69, 9.17) is 9.47 Å². The molecule has 4 nitrogen and oxygen atoms in total. The fraction of sp³-hybridized carbons (Fsp3) is 0.625. The molecule has 0 aromatic heterocycles. The lowest BCUT2D eigenvalue weighted by Gasteiger charge is -2.41. The Bertz CT molecular complexity index is 1650. The third-order valence-corrected chi connectivity index (χ3v) is 8.91. The number of halogens is 26. The smallest absolute Gasteiger partial charge is 0.460 e. The maximum absolute atomic E-state index is 15.0. The minimum absolute atomic E-state index is 0.0827. The lowest BCUT2D eigenvalue weighted by atomic mass is 9.87.